The molecule has 1 N–H and O–H groups in total. The molecule has 2 heterocycles. The third kappa shape index (κ3) is 4.35. The first-order chi connectivity index (χ1) is 13.9. The third-order valence-corrected chi connectivity index (χ3v) is 7.13. The van der Waals surface area contributed by atoms with E-state index in [2.05, 4.69) is 26.2 Å². The molecule has 1 unspecified atom stereocenters. The number of oxazole rings is 1. The smallest absolute Gasteiger partial charge is 0.233 e. The monoisotopic (exact) mass is 496 g/mol. The summed E-state index contributed by atoms with van der Waals surface area (Å²) >= 11 is 9.57. The van der Waals surface area contributed by atoms with E-state index in [9.17, 15) is 8.42 Å². The summed E-state index contributed by atoms with van der Waals surface area (Å²) in [5.74, 6) is 0.222. The van der Waals surface area contributed by atoms with Crippen molar-refractivity contribution in [2.24, 2.45) is 0 Å². The largest absolute Gasteiger partial charge is 0.419 e. The minimum atomic E-state index is -3.90. The summed E-state index contributed by atoms with van der Waals surface area (Å²) in [6.45, 7) is 1.14. The minimum Gasteiger partial charge on any atom is -0.419 e. The number of aromatic nitrogens is 1. The van der Waals surface area contributed by atoms with Gasteiger partial charge in [0.05, 0.1) is 21.6 Å². The molecule has 0 amide bonds. The fourth-order valence-electron chi connectivity index (χ4n) is 3.09. The van der Waals surface area contributed by atoms with Gasteiger partial charge in [0.25, 0.3) is 0 Å². The molecule has 0 radical (unpaired) electrons. The Kier molecular flexibility index (Phi) is 5.96. The molecule has 0 spiro atoms. The average Bonchev–Trinajstić information content (AvgIpc) is 3.37. The van der Waals surface area contributed by atoms with Crippen molar-refractivity contribution in [1.29, 1.82) is 0 Å². The highest BCUT2D eigenvalue weighted by molar-refractivity contribution is 9.10. The lowest BCUT2D eigenvalue weighted by atomic mass is 10.2. The molecule has 4 rings (SSSR count). The summed E-state index contributed by atoms with van der Waals surface area (Å²) in [6, 6.07) is 13.4. The van der Waals surface area contributed by atoms with E-state index in [1.807, 2.05) is 0 Å². The molecule has 2 aromatic carbocycles. The van der Waals surface area contributed by atoms with Gasteiger partial charge in [-0.05, 0) is 49.2 Å². The van der Waals surface area contributed by atoms with Crippen LogP contribution in [0.4, 0.5) is 5.88 Å². The van der Waals surface area contributed by atoms with Crippen molar-refractivity contribution in [2.75, 3.05) is 18.5 Å². The van der Waals surface area contributed by atoms with Crippen molar-refractivity contribution in [3.63, 3.8) is 0 Å². The number of hydrogen-bond donors (Lipinski definition) is 1. The fraction of sp³-hybridized carbons (Fsp3) is 0.250. The van der Waals surface area contributed by atoms with Crippen molar-refractivity contribution in [3.8, 4) is 11.5 Å². The van der Waals surface area contributed by atoms with Crippen LogP contribution in [0, 0.1) is 0 Å². The lowest BCUT2D eigenvalue weighted by Crippen LogP contribution is -2.19. The summed E-state index contributed by atoms with van der Waals surface area (Å²) in [4.78, 5) is 4.43. The minimum absolute atomic E-state index is 0.00657. The van der Waals surface area contributed by atoms with Gasteiger partial charge in [-0.2, -0.15) is 4.98 Å². The number of anilines is 1. The zero-order valence-electron chi connectivity index (χ0n) is 15.3. The molecule has 6 nitrogen and oxygen atoms in total. The number of rotatable bonds is 6. The van der Waals surface area contributed by atoms with E-state index >= 15 is 0 Å². The second kappa shape index (κ2) is 8.47. The quantitative estimate of drug-likeness (QED) is 0.505. The molecular weight excluding hydrogens is 480 g/mol. The maximum absolute atomic E-state index is 13.2. The molecular formula is C20H18BrClN2O4S. The van der Waals surface area contributed by atoms with Crippen LogP contribution in [0.25, 0.3) is 11.5 Å². The van der Waals surface area contributed by atoms with Gasteiger partial charge in [-0.15, -0.1) is 0 Å². The van der Waals surface area contributed by atoms with E-state index in [1.54, 1.807) is 36.4 Å². The molecule has 0 aliphatic carbocycles. The predicted octanol–water partition coefficient (Wildman–Crippen LogP) is 5.18. The van der Waals surface area contributed by atoms with E-state index in [4.69, 9.17) is 20.8 Å². The lowest BCUT2D eigenvalue weighted by molar-refractivity contribution is 0.120. The van der Waals surface area contributed by atoms with Gasteiger partial charge in [-0.3, -0.25) is 0 Å². The van der Waals surface area contributed by atoms with Gasteiger partial charge in [-0.1, -0.05) is 39.7 Å². The highest BCUT2D eigenvalue weighted by atomic mass is 79.9. The van der Waals surface area contributed by atoms with Crippen LogP contribution in [0.3, 0.4) is 0 Å². The van der Waals surface area contributed by atoms with E-state index < -0.39 is 9.84 Å². The van der Waals surface area contributed by atoms with Gasteiger partial charge >= 0.3 is 0 Å². The Morgan fingerprint density at radius 2 is 1.93 bits per heavy atom. The highest BCUT2D eigenvalue weighted by Gasteiger charge is 2.29. The second-order valence-electron chi connectivity index (χ2n) is 6.61. The summed E-state index contributed by atoms with van der Waals surface area (Å²) < 4.78 is 38.7. The summed E-state index contributed by atoms with van der Waals surface area (Å²) in [5.41, 5.74) is 0.520. The normalized spacial score (nSPS) is 16.8. The van der Waals surface area contributed by atoms with Gasteiger partial charge in [0.2, 0.25) is 26.6 Å². The van der Waals surface area contributed by atoms with E-state index in [1.165, 1.54) is 12.1 Å². The Morgan fingerprint density at radius 3 is 2.62 bits per heavy atom. The van der Waals surface area contributed by atoms with Crippen molar-refractivity contribution < 1.29 is 17.6 Å². The molecule has 1 aliphatic heterocycles. The van der Waals surface area contributed by atoms with Crippen LogP contribution in [-0.4, -0.2) is 32.7 Å². The Labute approximate surface area is 182 Å². The van der Waals surface area contributed by atoms with Gasteiger partial charge in [0.1, 0.15) is 0 Å². The van der Waals surface area contributed by atoms with Crippen LogP contribution < -0.4 is 5.32 Å². The maximum Gasteiger partial charge on any atom is 0.233 e. The Hall–Kier alpha value is -1.87. The number of benzene rings is 2. The molecule has 3 aromatic rings. The van der Waals surface area contributed by atoms with Gasteiger partial charge in [-0.25, -0.2) is 8.42 Å². The van der Waals surface area contributed by atoms with Gasteiger partial charge in [0, 0.05) is 17.6 Å². The SMILES string of the molecule is O=S(=O)(c1ccc(Br)cc1)c1nc(-c2ccccc2Cl)oc1NCC1CCCO1. The van der Waals surface area contributed by atoms with Crippen LogP contribution in [0.15, 0.2) is 67.3 Å². The molecule has 1 aliphatic rings. The van der Waals surface area contributed by atoms with Crippen molar-refractivity contribution in [3.05, 3.63) is 58.0 Å². The van der Waals surface area contributed by atoms with Crippen LogP contribution in [0.2, 0.25) is 5.02 Å². The topological polar surface area (TPSA) is 81.4 Å². The van der Waals surface area contributed by atoms with Crippen molar-refractivity contribution in [1.82, 2.24) is 4.98 Å². The van der Waals surface area contributed by atoms with Crippen molar-refractivity contribution in [2.45, 2.75) is 28.9 Å². The van der Waals surface area contributed by atoms with E-state index in [-0.39, 0.29) is 27.8 Å². The van der Waals surface area contributed by atoms with Gasteiger partial charge < -0.3 is 14.5 Å². The number of halogens is 2. The summed E-state index contributed by atoms with van der Waals surface area (Å²) in [5, 5.41) is 3.32. The van der Waals surface area contributed by atoms with Gasteiger partial charge in [0.15, 0.2) is 0 Å². The Bertz CT molecular complexity index is 1110. The zero-order valence-corrected chi connectivity index (χ0v) is 18.4. The fourth-order valence-corrected chi connectivity index (χ4v) is 4.85. The van der Waals surface area contributed by atoms with Crippen LogP contribution in [0.5, 0.6) is 0 Å². The average molecular weight is 498 g/mol. The molecule has 0 saturated carbocycles. The summed E-state index contributed by atoms with van der Waals surface area (Å²) in [7, 11) is -3.90. The Balaban J connectivity index is 1.75. The zero-order chi connectivity index (χ0) is 20.4. The number of nitrogens with one attached hydrogen (secondary N) is 1. The molecule has 1 saturated heterocycles. The van der Waals surface area contributed by atoms with Crippen LogP contribution in [0.1, 0.15) is 12.8 Å². The molecule has 29 heavy (non-hydrogen) atoms. The molecule has 1 fully saturated rings. The first-order valence-electron chi connectivity index (χ1n) is 9.07. The standard InChI is InChI=1S/C20H18BrClN2O4S/c21-13-7-9-15(10-8-13)29(25,26)20-19(23-12-14-4-3-11-27-14)28-18(24-20)16-5-1-2-6-17(16)22/h1-2,5-10,14,23H,3-4,11-12H2. The van der Waals surface area contributed by atoms with E-state index in [0.717, 1.165) is 17.3 Å². The molecule has 1 aromatic heterocycles. The third-order valence-electron chi connectivity index (χ3n) is 4.59. The maximum atomic E-state index is 13.2. The van der Waals surface area contributed by atoms with E-state index in [0.29, 0.717) is 23.7 Å². The van der Waals surface area contributed by atoms with Crippen LogP contribution >= 0.6 is 27.5 Å². The number of hydrogen-bond acceptors (Lipinski definition) is 6. The number of nitrogens with zero attached hydrogens (tertiary/aromatic N) is 1. The number of sulfone groups is 1. The first-order valence-corrected chi connectivity index (χ1v) is 11.7. The molecule has 0 bridgehead atoms. The summed E-state index contributed by atoms with van der Waals surface area (Å²) in [6.07, 6.45) is 1.90. The molecule has 1 atom stereocenters. The van der Waals surface area contributed by atoms with Crippen LogP contribution in [-0.2, 0) is 14.6 Å². The highest BCUT2D eigenvalue weighted by Crippen LogP contribution is 2.35. The lowest BCUT2D eigenvalue weighted by Gasteiger charge is -2.10. The Morgan fingerprint density at radius 1 is 1.17 bits per heavy atom. The predicted molar refractivity (Wildman–Crippen MR) is 114 cm³/mol. The molecule has 152 valence electrons. The number of ether oxygens (including phenoxy) is 1. The second-order valence-corrected chi connectivity index (χ2v) is 9.79. The first kappa shape index (κ1) is 20.4. The molecule has 9 heteroatoms. The van der Waals surface area contributed by atoms with Crippen molar-refractivity contribution >= 4 is 43.3 Å².